The third-order valence-electron chi connectivity index (χ3n) is 4.44. The molecule has 1 amide bonds. The van der Waals surface area contributed by atoms with Crippen LogP contribution in [0.2, 0.25) is 0 Å². The molecule has 2 rings (SSSR count). The largest absolute Gasteiger partial charge is 0.481 e. The molecule has 2 atom stereocenters. The van der Waals surface area contributed by atoms with Crippen LogP contribution in [0, 0.1) is 5.92 Å². The summed E-state index contributed by atoms with van der Waals surface area (Å²) in [7, 11) is 0. The van der Waals surface area contributed by atoms with Crippen LogP contribution in [0.15, 0.2) is 54.6 Å². The molecule has 2 N–H and O–H groups in total. The summed E-state index contributed by atoms with van der Waals surface area (Å²) in [5.41, 5.74) is 3.38. The molecule has 4 nitrogen and oxygen atoms in total. The van der Waals surface area contributed by atoms with Crippen LogP contribution >= 0.6 is 0 Å². The van der Waals surface area contributed by atoms with Crippen molar-refractivity contribution in [2.75, 3.05) is 0 Å². The Morgan fingerprint density at radius 3 is 2.19 bits per heavy atom. The number of rotatable bonds is 9. The first kappa shape index (κ1) is 19.7. The summed E-state index contributed by atoms with van der Waals surface area (Å²) >= 11 is 0. The molecule has 26 heavy (non-hydrogen) atoms. The van der Waals surface area contributed by atoms with E-state index in [4.69, 9.17) is 0 Å². The minimum atomic E-state index is -0.834. The molecule has 0 saturated heterocycles. The van der Waals surface area contributed by atoms with E-state index in [-0.39, 0.29) is 11.9 Å². The summed E-state index contributed by atoms with van der Waals surface area (Å²) in [5, 5.41) is 12.2. The van der Waals surface area contributed by atoms with E-state index >= 15 is 0 Å². The van der Waals surface area contributed by atoms with Crippen molar-refractivity contribution in [3.8, 4) is 11.1 Å². The van der Waals surface area contributed by atoms with Gasteiger partial charge in [0, 0.05) is 12.5 Å². The molecule has 0 aromatic heterocycles. The summed E-state index contributed by atoms with van der Waals surface area (Å²) < 4.78 is 0. The van der Waals surface area contributed by atoms with E-state index in [2.05, 4.69) is 29.6 Å². The second kappa shape index (κ2) is 9.76. The van der Waals surface area contributed by atoms with Gasteiger partial charge in [-0.3, -0.25) is 9.59 Å². The number of hydrogen-bond donors (Lipinski definition) is 2. The first-order chi connectivity index (χ1) is 12.5. The van der Waals surface area contributed by atoms with Crippen LogP contribution in [0.3, 0.4) is 0 Å². The molecule has 2 aromatic carbocycles. The maximum Gasteiger partial charge on any atom is 0.306 e. The Labute approximate surface area is 155 Å². The zero-order valence-corrected chi connectivity index (χ0v) is 15.4. The average Bonchev–Trinajstić information content (AvgIpc) is 2.63. The molecule has 0 heterocycles. The molecule has 1 unspecified atom stereocenters. The van der Waals surface area contributed by atoms with Crippen LogP contribution in [-0.4, -0.2) is 23.0 Å². The lowest BCUT2D eigenvalue weighted by atomic mass is 9.95. The van der Waals surface area contributed by atoms with Gasteiger partial charge in [0.2, 0.25) is 5.91 Å². The van der Waals surface area contributed by atoms with Crippen molar-refractivity contribution >= 4 is 11.9 Å². The average molecular weight is 353 g/mol. The molecule has 0 spiro atoms. The Morgan fingerprint density at radius 2 is 1.62 bits per heavy atom. The van der Waals surface area contributed by atoms with Crippen molar-refractivity contribution in [1.82, 2.24) is 5.32 Å². The highest BCUT2D eigenvalue weighted by atomic mass is 16.4. The molecular formula is C22H27NO3. The SMILES string of the molecule is CCCC(=O)NC(Cc1ccc(-c2ccccc2)cc1)C[C@@H](C)C(=O)O. The predicted molar refractivity (Wildman–Crippen MR) is 104 cm³/mol. The van der Waals surface area contributed by atoms with Crippen molar-refractivity contribution in [3.63, 3.8) is 0 Å². The standard InChI is InChI=1S/C22H27NO3/c1-3-7-21(24)23-20(14-16(2)22(25)26)15-17-10-12-19(13-11-17)18-8-5-4-6-9-18/h4-6,8-13,16,20H,3,7,14-15H2,1-2H3,(H,23,24)(H,25,26)/t16-,20?/m1/s1. The van der Waals surface area contributed by atoms with E-state index in [0.29, 0.717) is 19.3 Å². The van der Waals surface area contributed by atoms with E-state index in [0.717, 1.165) is 23.1 Å². The zero-order valence-electron chi connectivity index (χ0n) is 15.4. The van der Waals surface area contributed by atoms with Crippen LogP contribution < -0.4 is 5.32 Å². The van der Waals surface area contributed by atoms with Crippen LogP contribution in [0.1, 0.15) is 38.7 Å². The summed E-state index contributed by atoms with van der Waals surface area (Å²) in [6.45, 7) is 3.64. The lowest BCUT2D eigenvalue weighted by Gasteiger charge is -2.21. The first-order valence-electron chi connectivity index (χ1n) is 9.16. The second-order valence-electron chi connectivity index (χ2n) is 6.76. The van der Waals surface area contributed by atoms with Gasteiger partial charge in [0.25, 0.3) is 0 Å². The van der Waals surface area contributed by atoms with Crippen molar-refractivity contribution in [2.24, 2.45) is 5.92 Å². The van der Waals surface area contributed by atoms with E-state index in [1.165, 1.54) is 0 Å². The van der Waals surface area contributed by atoms with E-state index in [9.17, 15) is 14.7 Å². The molecule has 0 aliphatic heterocycles. The van der Waals surface area contributed by atoms with Crippen molar-refractivity contribution in [3.05, 3.63) is 60.2 Å². The van der Waals surface area contributed by atoms with Gasteiger partial charge in [-0.2, -0.15) is 0 Å². The van der Waals surface area contributed by atoms with Gasteiger partial charge in [0.05, 0.1) is 5.92 Å². The van der Waals surface area contributed by atoms with Crippen molar-refractivity contribution in [2.45, 2.75) is 45.6 Å². The molecule has 0 saturated carbocycles. The molecule has 0 fully saturated rings. The number of benzene rings is 2. The van der Waals surface area contributed by atoms with Gasteiger partial charge >= 0.3 is 5.97 Å². The van der Waals surface area contributed by atoms with E-state index in [1.807, 2.05) is 37.3 Å². The number of aliphatic carboxylic acids is 1. The molecule has 0 aliphatic rings. The Hall–Kier alpha value is -2.62. The Morgan fingerprint density at radius 1 is 1.00 bits per heavy atom. The van der Waals surface area contributed by atoms with Gasteiger partial charge in [0.15, 0.2) is 0 Å². The first-order valence-corrected chi connectivity index (χ1v) is 9.16. The van der Waals surface area contributed by atoms with Gasteiger partial charge in [-0.15, -0.1) is 0 Å². The highest BCUT2D eigenvalue weighted by Gasteiger charge is 2.20. The van der Waals surface area contributed by atoms with Crippen molar-refractivity contribution < 1.29 is 14.7 Å². The number of carbonyl (C=O) groups excluding carboxylic acids is 1. The molecular weight excluding hydrogens is 326 g/mol. The second-order valence-corrected chi connectivity index (χ2v) is 6.76. The third-order valence-corrected chi connectivity index (χ3v) is 4.44. The Kier molecular flexibility index (Phi) is 7.39. The molecule has 0 aliphatic carbocycles. The number of carboxylic acid groups (broad SMARTS) is 1. The molecule has 138 valence electrons. The summed E-state index contributed by atoms with van der Waals surface area (Å²) in [6.07, 6.45) is 2.29. The highest BCUT2D eigenvalue weighted by molar-refractivity contribution is 5.76. The fourth-order valence-electron chi connectivity index (χ4n) is 3.00. The minimum absolute atomic E-state index is 0.0176. The van der Waals surface area contributed by atoms with Crippen LogP contribution in [0.5, 0.6) is 0 Å². The Balaban J connectivity index is 2.08. The summed E-state index contributed by atoms with van der Waals surface area (Å²) in [4.78, 5) is 23.2. The fraction of sp³-hybridized carbons (Fsp3) is 0.364. The topological polar surface area (TPSA) is 66.4 Å². The predicted octanol–water partition coefficient (Wildman–Crippen LogP) is 4.29. The van der Waals surface area contributed by atoms with Gasteiger partial charge in [0.1, 0.15) is 0 Å². The van der Waals surface area contributed by atoms with Gasteiger partial charge < -0.3 is 10.4 Å². The van der Waals surface area contributed by atoms with Gasteiger partial charge in [-0.1, -0.05) is 68.4 Å². The monoisotopic (exact) mass is 353 g/mol. The van der Waals surface area contributed by atoms with Crippen LogP contribution in [-0.2, 0) is 16.0 Å². The number of carboxylic acids is 1. The van der Waals surface area contributed by atoms with Crippen LogP contribution in [0.25, 0.3) is 11.1 Å². The molecule has 2 aromatic rings. The lowest BCUT2D eigenvalue weighted by molar-refractivity contribution is -0.141. The molecule has 4 heteroatoms. The lowest BCUT2D eigenvalue weighted by Crippen LogP contribution is -2.38. The van der Waals surface area contributed by atoms with E-state index < -0.39 is 11.9 Å². The van der Waals surface area contributed by atoms with Gasteiger partial charge in [-0.05, 0) is 36.0 Å². The summed E-state index contributed by atoms with van der Waals surface area (Å²) in [6, 6.07) is 18.2. The maximum absolute atomic E-state index is 12.0. The zero-order chi connectivity index (χ0) is 18.9. The van der Waals surface area contributed by atoms with Crippen molar-refractivity contribution in [1.29, 1.82) is 0 Å². The number of hydrogen-bond acceptors (Lipinski definition) is 2. The maximum atomic E-state index is 12.0. The normalized spacial score (nSPS) is 13.0. The number of carbonyl (C=O) groups is 2. The summed E-state index contributed by atoms with van der Waals surface area (Å²) in [5.74, 6) is -1.35. The number of amides is 1. The van der Waals surface area contributed by atoms with Crippen LogP contribution in [0.4, 0.5) is 0 Å². The fourth-order valence-corrected chi connectivity index (χ4v) is 3.00. The quantitative estimate of drug-likeness (QED) is 0.707. The minimum Gasteiger partial charge on any atom is -0.481 e. The highest BCUT2D eigenvalue weighted by Crippen LogP contribution is 2.20. The molecule has 0 bridgehead atoms. The smallest absolute Gasteiger partial charge is 0.306 e. The number of nitrogens with one attached hydrogen (secondary N) is 1. The molecule has 0 radical (unpaired) electrons. The van der Waals surface area contributed by atoms with Gasteiger partial charge in [-0.25, -0.2) is 0 Å². The van der Waals surface area contributed by atoms with E-state index in [1.54, 1.807) is 6.92 Å². The Bertz CT molecular complexity index is 710. The third kappa shape index (κ3) is 6.03.